The third kappa shape index (κ3) is 6.61. The van der Waals surface area contributed by atoms with Crippen molar-refractivity contribution in [3.8, 4) is 0 Å². The zero-order chi connectivity index (χ0) is 26.0. The zero-order valence-corrected chi connectivity index (χ0v) is 20.7. The minimum atomic E-state index is -1.28. The van der Waals surface area contributed by atoms with Crippen molar-refractivity contribution in [3.05, 3.63) is 102 Å². The second kappa shape index (κ2) is 12.5. The van der Waals surface area contributed by atoms with Crippen LogP contribution in [0.4, 0.5) is 10.5 Å². The van der Waals surface area contributed by atoms with Crippen LogP contribution in [0.2, 0.25) is 0 Å². The van der Waals surface area contributed by atoms with E-state index in [2.05, 4.69) is 15.6 Å². The normalized spacial score (nSPS) is 14.7. The van der Waals surface area contributed by atoms with Gasteiger partial charge in [0.25, 0.3) is 5.91 Å². The molecule has 4 rings (SSSR count). The van der Waals surface area contributed by atoms with Crippen molar-refractivity contribution >= 4 is 29.3 Å². The first-order chi connectivity index (χ1) is 18.1. The van der Waals surface area contributed by atoms with Crippen LogP contribution in [0.15, 0.2) is 89.9 Å². The molecule has 3 amide bonds. The molecule has 1 aliphatic rings. The number of benzene rings is 3. The molecule has 8 nitrogen and oxygen atoms in total. The fourth-order valence-corrected chi connectivity index (χ4v) is 3.99. The lowest BCUT2D eigenvalue weighted by Gasteiger charge is -2.25. The van der Waals surface area contributed by atoms with E-state index in [0.29, 0.717) is 23.5 Å². The average molecular weight is 499 g/mol. The molecule has 0 spiro atoms. The molecule has 0 bridgehead atoms. The van der Waals surface area contributed by atoms with E-state index in [1.54, 1.807) is 12.1 Å². The molecule has 0 radical (unpaired) electrons. The van der Waals surface area contributed by atoms with Crippen LogP contribution in [0, 0.1) is 0 Å². The van der Waals surface area contributed by atoms with Gasteiger partial charge in [-0.2, -0.15) is 0 Å². The molecule has 2 N–H and O–H groups in total. The van der Waals surface area contributed by atoms with Gasteiger partial charge >= 0.3 is 6.09 Å². The molecule has 0 aromatic heterocycles. The first-order valence-electron chi connectivity index (χ1n) is 12.3. The van der Waals surface area contributed by atoms with E-state index in [4.69, 9.17) is 4.74 Å². The highest BCUT2D eigenvalue weighted by atomic mass is 16.5. The number of anilines is 1. The molecule has 1 aliphatic heterocycles. The maximum atomic E-state index is 13.7. The standard InChI is InChI=1S/C29H30N4O4/c1-2-3-18-30-25(34)19-33-24-17-11-10-16-23(24)26(22-14-8-5-9-15-22)31-27(28(33)35)32-29(36)37-20-21-12-6-4-7-13-21/h4-17,27H,2-3,18-20H2,1H3,(H,30,34)(H,32,36). The quantitative estimate of drug-likeness (QED) is 0.435. The Balaban J connectivity index is 1.64. The Hall–Kier alpha value is -4.46. The number of fused-ring (bicyclic) bond motifs is 1. The predicted molar refractivity (Wildman–Crippen MR) is 142 cm³/mol. The monoisotopic (exact) mass is 498 g/mol. The van der Waals surface area contributed by atoms with Gasteiger partial charge in [-0.05, 0) is 18.1 Å². The average Bonchev–Trinajstić information content (AvgIpc) is 3.04. The highest BCUT2D eigenvalue weighted by Gasteiger charge is 2.34. The molecule has 190 valence electrons. The highest BCUT2D eigenvalue weighted by molar-refractivity contribution is 6.20. The molecule has 0 saturated heterocycles. The Labute approximate surface area is 216 Å². The summed E-state index contributed by atoms with van der Waals surface area (Å²) in [4.78, 5) is 45.2. The Morgan fingerprint density at radius 3 is 2.35 bits per heavy atom. The van der Waals surface area contributed by atoms with Crippen LogP contribution in [0.1, 0.15) is 36.5 Å². The molecule has 0 saturated carbocycles. The summed E-state index contributed by atoms with van der Waals surface area (Å²) >= 11 is 0. The molecule has 8 heteroatoms. The van der Waals surface area contributed by atoms with Crippen molar-refractivity contribution in [3.63, 3.8) is 0 Å². The van der Waals surface area contributed by atoms with Crippen molar-refractivity contribution in [1.82, 2.24) is 10.6 Å². The SMILES string of the molecule is CCCCNC(=O)CN1C(=O)C(NC(=O)OCc2ccccc2)N=C(c2ccccc2)c2ccccc21. The van der Waals surface area contributed by atoms with Crippen molar-refractivity contribution in [2.75, 3.05) is 18.0 Å². The Morgan fingerprint density at radius 1 is 0.946 bits per heavy atom. The van der Waals surface area contributed by atoms with E-state index in [0.717, 1.165) is 24.0 Å². The third-order valence-electron chi connectivity index (χ3n) is 5.88. The van der Waals surface area contributed by atoms with Crippen LogP contribution in [-0.4, -0.2) is 42.9 Å². The fraction of sp³-hybridized carbons (Fsp3) is 0.241. The highest BCUT2D eigenvalue weighted by Crippen LogP contribution is 2.28. The van der Waals surface area contributed by atoms with Gasteiger partial charge in [0.2, 0.25) is 12.1 Å². The van der Waals surface area contributed by atoms with E-state index in [-0.39, 0.29) is 19.1 Å². The number of para-hydroxylation sites is 1. The Morgan fingerprint density at radius 2 is 1.62 bits per heavy atom. The van der Waals surface area contributed by atoms with Crippen LogP contribution < -0.4 is 15.5 Å². The number of nitrogens with zero attached hydrogens (tertiary/aromatic N) is 2. The van der Waals surface area contributed by atoms with Gasteiger partial charge in [-0.1, -0.05) is 92.2 Å². The molecule has 1 atom stereocenters. The lowest BCUT2D eigenvalue weighted by Crippen LogP contribution is -2.50. The summed E-state index contributed by atoms with van der Waals surface area (Å²) in [5.74, 6) is -0.814. The zero-order valence-electron chi connectivity index (χ0n) is 20.7. The van der Waals surface area contributed by atoms with Gasteiger partial charge in [0.05, 0.1) is 11.4 Å². The van der Waals surface area contributed by atoms with Gasteiger partial charge in [0, 0.05) is 17.7 Å². The lowest BCUT2D eigenvalue weighted by atomic mass is 10.0. The summed E-state index contributed by atoms with van der Waals surface area (Å²) in [6.07, 6.45) is -0.280. The van der Waals surface area contributed by atoms with E-state index in [1.165, 1.54) is 4.90 Å². The van der Waals surface area contributed by atoms with Crippen LogP contribution in [0.5, 0.6) is 0 Å². The number of alkyl carbamates (subject to hydrolysis) is 1. The molecule has 0 fully saturated rings. The maximum Gasteiger partial charge on any atom is 0.409 e. The van der Waals surface area contributed by atoms with Gasteiger partial charge in [-0.25, -0.2) is 9.79 Å². The van der Waals surface area contributed by atoms with Gasteiger partial charge < -0.3 is 10.1 Å². The smallest absolute Gasteiger partial charge is 0.409 e. The lowest BCUT2D eigenvalue weighted by molar-refractivity contribution is -0.124. The number of rotatable bonds is 9. The first kappa shape index (κ1) is 25.6. The largest absolute Gasteiger partial charge is 0.445 e. The van der Waals surface area contributed by atoms with Crippen molar-refractivity contribution in [2.45, 2.75) is 32.5 Å². The molecule has 3 aromatic carbocycles. The van der Waals surface area contributed by atoms with E-state index >= 15 is 0 Å². The van der Waals surface area contributed by atoms with Crippen molar-refractivity contribution in [1.29, 1.82) is 0 Å². The summed E-state index contributed by atoms with van der Waals surface area (Å²) in [7, 11) is 0. The molecule has 37 heavy (non-hydrogen) atoms. The third-order valence-corrected chi connectivity index (χ3v) is 5.88. The van der Waals surface area contributed by atoms with Crippen LogP contribution >= 0.6 is 0 Å². The molecule has 1 heterocycles. The second-order valence-corrected chi connectivity index (χ2v) is 8.60. The number of amides is 3. The minimum Gasteiger partial charge on any atom is -0.445 e. The first-order valence-corrected chi connectivity index (χ1v) is 12.3. The number of aliphatic imine (C=N–C) groups is 1. The Kier molecular flexibility index (Phi) is 8.65. The number of carbonyl (C=O) groups excluding carboxylic acids is 3. The van der Waals surface area contributed by atoms with Gasteiger partial charge in [-0.3, -0.25) is 19.8 Å². The molecule has 1 unspecified atom stereocenters. The summed E-state index contributed by atoms with van der Waals surface area (Å²) in [5, 5.41) is 5.45. The van der Waals surface area contributed by atoms with E-state index in [1.807, 2.05) is 79.7 Å². The van der Waals surface area contributed by atoms with Crippen molar-refractivity contribution in [2.24, 2.45) is 4.99 Å². The number of nitrogens with one attached hydrogen (secondary N) is 2. The van der Waals surface area contributed by atoms with Gasteiger partial charge in [-0.15, -0.1) is 0 Å². The predicted octanol–water partition coefficient (Wildman–Crippen LogP) is 4.04. The van der Waals surface area contributed by atoms with Gasteiger partial charge in [0.1, 0.15) is 13.2 Å². The number of benzodiazepines with no additional fused rings is 1. The summed E-state index contributed by atoms with van der Waals surface area (Å²) < 4.78 is 5.35. The van der Waals surface area contributed by atoms with Crippen LogP contribution in [0.25, 0.3) is 0 Å². The molecular formula is C29H30N4O4. The topological polar surface area (TPSA) is 100 Å². The number of unbranched alkanes of at least 4 members (excludes halogenated alkanes) is 1. The molecular weight excluding hydrogens is 468 g/mol. The number of carbonyl (C=O) groups is 3. The van der Waals surface area contributed by atoms with Gasteiger partial charge in [0.15, 0.2) is 0 Å². The van der Waals surface area contributed by atoms with Crippen LogP contribution in [-0.2, 0) is 20.9 Å². The minimum absolute atomic E-state index is 0.0482. The fourth-order valence-electron chi connectivity index (χ4n) is 3.99. The summed E-state index contributed by atoms with van der Waals surface area (Å²) in [6.45, 7) is 2.41. The molecule has 0 aliphatic carbocycles. The Bertz CT molecular complexity index is 1260. The van der Waals surface area contributed by atoms with E-state index in [9.17, 15) is 14.4 Å². The number of hydrogen-bond donors (Lipinski definition) is 2. The van der Waals surface area contributed by atoms with E-state index < -0.39 is 18.2 Å². The summed E-state index contributed by atoms with van der Waals surface area (Å²) in [6, 6.07) is 26.0. The maximum absolute atomic E-state index is 13.7. The summed E-state index contributed by atoms with van der Waals surface area (Å²) in [5.41, 5.74) is 3.36. The number of hydrogen-bond acceptors (Lipinski definition) is 5. The second-order valence-electron chi connectivity index (χ2n) is 8.60. The number of ether oxygens (including phenoxy) is 1. The van der Waals surface area contributed by atoms with Crippen LogP contribution in [0.3, 0.4) is 0 Å². The molecule has 3 aromatic rings. The van der Waals surface area contributed by atoms with Crippen molar-refractivity contribution < 1.29 is 19.1 Å².